The molecule has 1 aliphatic carbocycles. The van der Waals surface area contributed by atoms with E-state index in [1.54, 1.807) is 10.6 Å². The van der Waals surface area contributed by atoms with E-state index < -0.39 is 0 Å². The molecule has 1 heterocycles. The zero-order valence-corrected chi connectivity index (χ0v) is 8.28. The number of hydrogen-bond acceptors (Lipinski definition) is 2. The molecule has 0 aliphatic heterocycles. The Morgan fingerprint density at radius 1 is 1.50 bits per heavy atom. The quantitative estimate of drug-likeness (QED) is 0.779. The van der Waals surface area contributed by atoms with Crippen molar-refractivity contribution >= 4 is 0 Å². The molecule has 0 amide bonds. The highest BCUT2D eigenvalue weighted by Crippen LogP contribution is 2.27. The van der Waals surface area contributed by atoms with Gasteiger partial charge in [-0.05, 0) is 24.8 Å². The van der Waals surface area contributed by atoms with Gasteiger partial charge < -0.3 is 10.3 Å². The van der Waals surface area contributed by atoms with Crippen LogP contribution in [0.1, 0.15) is 24.8 Å². The van der Waals surface area contributed by atoms with Gasteiger partial charge in [0.15, 0.2) is 0 Å². The molecule has 2 N–H and O–H groups in total. The molecule has 14 heavy (non-hydrogen) atoms. The first-order valence-corrected chi connectivity index (χ1v) is 5.19. The van der Waals surface area contributed by atoms with Crippen LogP contribution >= 0.6 is 0 Å². The lowest BCUT2D eigenvalue weighted by Gasteiger charge is -2.26. The Kier molecular flexibility index (Phi) is 2.68. The predicted molar refractivity (Wildman–Crippen MR) is 55.9 cm³/mol. The van der Waals surface area contributed by atoms with E-state index in [2.05, 4.69) is 0 Å². The van der Waals surface area contributed by atoms with Gasteiger partial charge in [0.05, 0.1) is 0 Å². The molecule has 1 aliphatic rings. The third-order valence-corrected chi connectivity index (χ3v) is 3.00. The van der Waals surface area contributed by atoms with E-state index >= 15 is 0 Å². The highest BCUT2D eigenvalue weighted by atomic mass is 16.1. The first kappa shape index (κ1) is 9.46. The van der Waals surface area contributed by atoms with Crippen LogP contribution in [-0.2, 0) is 13.1 Å². The highest BCUT2D eigenvalue weighted by molar-refractivity contribution is 5.09. The Labute approximate surface area is 83.5 Å². The number of rotatable bonds is 3. The van der Waals surface area contributed by atoms with Crippen LogP contribution in [0.15, 0.2) is 23.1 Å². The fraction of sp³-hybridized carbons (Fsp3) is 0.545. The van der Waals surface area contributed by atoms with Crippen molar-refractivity contribution in [1.82, 2.24) is 4.57 Å². The summed E-state index contributed by atoms with van der Waals surface area (Å²) < 4.78 is 1.80. The van der Waals surface area contributed by atoms with Crippen molar-refractivity contribution in [3.05, 3.63) is 34.2 Å². The van der Waals surface area contributed by atoms with Gasteiger partial charge in [-0.2, -0.15) is 0 Å². The van der Waals surface area contributed by atoms with Crippen molar-refractivity contribution in [3.63, 3.8) is 0 Å². The lowest BCUT2D eigenvalue weighted by Crippen LogP contribution is -2.29. The van der Waals surface area contributed by atoms with Crippen LogP contribution < -0.4 is 11.3 Å². The van der Waals surface area contributed by atoms with Gasteiger partial charge in [-0.3, -0.25) is 4.79 Å². The van der Waals surface area contributed by atoms with Crippen molar-refractivity contribution in [2.24, 2.45) is 11.7 Å². The van der Waals surface area contributed by atoms with Crippen molar-refractivity contribution in [3.8, 4) is 0 Å². The molecule has 1 aromatic heterocycles. The maximum Gasteiger partial charge on any atom is 0.255 e. The van der Waals surface area contributed by atoms with Crippen molar-refractivity contribution < 1.29 is 0 Å². The van der Waals surface area contributed by atoms with Gasteiger partial charge in [0.25, 0.3) is 5.56 Å². The van der Waals surface area contributed by atoms with E-state index in [1.807, 2.05) is 12.3 Å². The van der Waals surface area contributed by atoms with Gasteiger partial charge in [0.2, 0.25) is 0 Å². The van der Waals surface area contributed by atoms with Crippen LogP contribution in [0.5, 0.6) is 0 Å². The van der Waals surface area contributed by atoms with E-state index in [1.165, 1.54) is 19.3 Å². The summed E-state index contributed by atoms with van der Waals surface area (Å²) in [4.78, 5) is 11.8. The Balaban J connectivity index is 2.19. The Bertz CT molecular complexity index is 366. The first-order valence-electron chi connectivity index (χ1n) is 5.19. The Hall–Kier alpha value is -1.09. The minimum Gasteiger partial charge on any atom is -0.326 e. The molecule has 1 saturated carbocycles. The van der Waals surface area contributed by atoms with Crippen LogP contribution in [-0.4, -0.2) is 4.57 Å². The van der Waals surface area contributed by atoms with Crippen LogP contribution in [0.4, 0.5) is 0 Å². The van der Waals surface area contributed by atoms with E-state index in [4.69, 9.17) is 5.73 Å². The van der Waals surface area contributed by atoms with E-state index in [9.17, 15) is 4.79 Å². The molecule has 0 aromatic carbocycles. The molecule has 0 spiro atoms. The predicted octanol–water partition coefficient (Wildman–Crippen LogP) is 1.11. The topological polar surface area (TPSA) is 48.0 Å². The Morgan fingerprint density at radius 3 is 2.86 bits per heavy atom. The molecule has 0 saturated heterocycles. The number of nitrogens with zero attached hydrogens (tertiary/aromatic N) is 1. The smallest absolute Gasteiger partial charge is 0.255 e. The molecule has 3 heteroatoms. The van der Waals surface area contributed by atoms with Crippen LogP contribution in [0.3, 0.4) is 0 Å². The zero-order chi connectivity index (χ0) is 9.97. The molecule has 3 nitrogen and oxygen atoms in total. The second kappa shape index (κ2) is 3.96. The summed E-state index contributed by atoms with van der Waals surface area (Å²) in [5.74, 6) is 0.709. The standard InChI is InChI=1S/C11H16N2O/c12-7-10-5-2-6-13(11(10)14)8-9-3-1-4-9/h2,5-6,9H,1,3-4,7-8,12H2. The summed E-state index contributed by atoms with van der Waals surface area (Å²) in [6.45, 7) is 1.21. The molecule has 76 valence electrons. The monoisotopic (exact) mass is 192 g/mol. The average Bonchev–Trinajstić information content (AvgIpc) is 2.13. The fourth-order valence-corrected chi connectivity index (χ4v) is 1.84. The zero-order valence-electron chi connectivity index (χ0n) is 8.28. The van der Waals surface area contributed by atoms with Crippen molar-refractivity contribution in [2.75, 3.05) is 0 Å². The third-order valence-electron chi connectivity index (χ3n) is 3.00. The van der Waals surface area contributed by atoms with Crippen LogP contribution in [0, 0.1) is 5.92 Å². The van der Waals surface area contributed by atoms with E-state index in [0.29, 0.717) is 18.0 Å². The minimum absolute atomic E-state index is 0.0851. The summed E-state index contributed by atoms with van der Waals surface area (Å²) in [7, 11) is 0. The molecule has 0 atom stereocenters. The largest absolute Gasteiger partial charge is 0.326 e. The lowest BCUT2D eigenvalue weighted by atomic mass is 9.85. The summed E-state index contributed by atoms with van der Waals surface area (Å²) in [5.41, 5.74) is 6.28. The van der Waals surface area contributed by atoms with E-state index in [-0.39, 0.29) is 5.56 Å². The molecular weight excluding hydrogens is 176 g/mol. The van der Waals surface area contributed by atoms with Crippen LogP contribution in [0.25, 0.3) is 0 Å². The third kappa shape index (κ3) is 1.73. The molecule has 0 unspecified atom stereocenters. The maximum absolute atomic E-state index is 11.8. The molecule has 0 radical (unpaired) electrons. The maximum atomic E-state index is 11.8. The molecule has 2 rings (SSSR count). The van der Waals surface area contributed by atoms with Crippen molar-refractivity contribution in [1.29, 1.82) is 0 Å². The van der Waals surface area contributed by atoms with E-state index in [0.717, 1.165) is 6.54 Å². The second-order valence-corrected chi connectivity index (χ2v) is 3.99. The van der Waals surface area contributed by atoms with Gasteiger partial charge in [-0.1, -0.05) is 12.5 Å². The molecule has 1 fully saturated rings. The molecule has 1 aromatic rings. The number of nitrogens with two attached hydrogens (primary N) is 1. The minimum atomic E-state index is 0.0851. The van der Waals surface area contributed by atoms with Gasteiger partial charge in [0.1, 0.15) is 0 Å². The summed E-state index contributed by atoms with van der Waals surface area (Å²) in [6, 6.07) is 3.71. The van der Waals surface area contributed by atoms with Gasteiger partial charge in [-0.25, -0.2) is 0 Å². The number of pyridine rings is 1. The summed E-state index contributed by atoms with van der Waals surface area (Å²) >= 11 is 0. The first-order chi connectivity index (χ1) is 6.81. The highest BCUT2D eigenvalue weighted by Gasteiger charge is 2.18. The number of aromatic nitrogens is 1. The van der Waals surface area contributed by atoms with Crippen molar-refractivity contribution in [2.45, 2.75) is 32.4 Å². The number of hydrogen-bond donors (Lipinski definition) is 1. The Morgan fingerprint density at radius 2 is 2.29 bits per heavy atom. The fourth-order valence-electron chi connectivity index (χ4n) is 1.84. The summed E-state index contributed by atoms with van der Waals surface area (Å²) in [5, 5.41) is 0. The summed E-state index contributed by atoms with van der Waals surface area (Å²) in [6.07, 6.45) is 5.70. The van der Waals surface area contributed by atoms with Crippen LogP contribution in [0.2, 0.25) is 0 Å². The van der Waals surface area contributed by atoms with Gasteiger partial charge in [-0.15, -0.1) is 0 Å². The average molecular weight is 192 g/mol. The van der Waals surface area contributed by atoms with Gasteiger partial charge >= 0.3 is 0 Å². The second-order valence-electron chi connectivity index (χ2n) is 3.99. The SMILES string of the molecule is NCc1cccn(CC2CCC2)c1=O. The normalized spacial score (nSPS) is 16.6. The molecule has 0 bridgehead atoms. The lowest BCUT2D eigenvalue weighted by molar-refractivity contribution is 0.273. The van der Waals surface area contributed by atoms with Gasteiger partial charge in [0, 0.05) is 24.8 Å². The molecular formula is C11H16N2O.